The molecule has 11 nitrogen and oxygen atoms in total. The molecule has 1 N–H and O–H groups in total. The van der Waals surface area contributed by atoms with Crippen LogP contribution < -0.4 is 10.2 Å². The minimum atomic E-state index is -1.05. The minimum absolute atomic E-state index is 0.0633. The highest BCUT2D eigenvalue weighted by molar-refractivity contribution is 7.13. The van der Waals surface area contributed by atoms with Crippen LogP contribution in [0.2, 0.25) is 10.0 Å². The third-order valence-electron chi connectivity index (χ3n) is 9.84. The Hall–Kier alpha value is -4.20. The molecular weight excluding hydrogens is 714 g/mol. The van der Waals surface area contributed by atoms with Crippen molar-refractivity contribution < 1.29 is 18.7 Å². The number of piperidine rings is 1. The van der Waals surface area contributed by atoms with Crippen molar-refractivity contribution in [2.24, 2.45) is 5.41 Å². The first-order valence-electron chi connectivity index (χ1n) is 16.9. The number of thiazole rings is 1. The van der Waals surface area contributed by atoms with Crippen LogP contribution in [0.1, 0.15) is 51.0 Å². The van der Waals surface area contributed by atoms with Crippen LogP contribution in [0.5, 0.6) is 0 Å². The first-order valence-corrected chi connectivity index (χ1v) is 18.6. The number of halogens is 3. The Morgan fingerprint density at radius 3 is 2.65 bits per heavy atom. The van der Waals surface area contributed by atoms with Crippen molar-refractivity contribution in [1.82, 2.24) is 29.2 Å². The zero-order chi connectivity index (χ0) is 35.7. The fourth-order valence-electron chi connectivity index (χ4n) is 7.57. The summed E-state index contributed by atoms with van der Waals surface area (Å²) in [5, 5.41) is 11.3. The van der Waals surface area contributed by atoms with Gasteiger partial charge in [0.1, 0.15) is 17.3 Å². The Labute approximate surface area is 308 Å². The van der Waals surface area contributed by atoms with Gasteiger partial charge in [-0.1, -0.05) is 35.3 Å². The third-order valence-corrected chi connectivity index (χ3v) is 11.2. The predicted octanol–water partition coefficient (Wildman–Crippen LogP) is 7.62. The number of ether oxygens (including phenoxy) is 1. The van der Waals surface area contributed by atoms with E-state index in [1.807, 2.05) is 39.0 Å². The van der Waals surface area contributed by atoms with Gasteiger partial charge in [0.2, 0.25) is 0 Å². The molecule has 0 saturated carbocycles. The number of anilines is 2. The van der Waals surface area contributed by atoms with Crippen LogP contribution in [0, 0.1) is 5.41 Å². The highest BCUT2D eigenvalue weighted by Gasteiger charge is 2.48. The molecule has 266 valence electrons. The van der Waals surface area contributed by atoms with E-state index in [1.165, 1.54) is 16.0 Å². The number of imidazole rings is 1. The molecule has 3 aliphatic heterocycles. The van der Waals surface area contributed by atoms with Crippen LogP contribution in [0.15, 0.2) is 54.4 Å². The Balaban J connectivity index is 1.05. The molecule has 8 rings (SSSR count). The van der Waals surface area contributed by atoms with Crippen molar-refractivity contribution >= 4 is 68.3 Å². The van der Waals surface area contributed by atoms with E-state index >= 15 is 0 Å². The fraction of sp³-hybridized carbons (Fsp3) is 0.417. The molecule has 5 aromatic rings. The summed E-state index contributed by atoms with van der Waals surface area (Å²) in [5.74, 6) is -0.413. The molecule has 3 aromatic heterocycles. The lowest BCUT2D eigenvalue weighted by Crippen LogP contribution is -2.64. The smallest absolute Gasteiger partial charge is 0.410 e. The number of hydrogen-bond acceptors (Lipinski definition) is 8. The van der Waals surface area contributed by atoms with E-state index < -0.39 is 23.7 Å². The standard InChI is InChI=1S/C36H37Cl2FN8O3S/c1-35(2,3)50-34(49)46-18-36(19-46)9-4-11-44(17-36)23-7-5-21(6-8-23)24-14-26(37)25-16-47(43-29(25)28(24)38)31(32(48)42-33-40-10-12-51-33)30-27-13-22(39)15-45(27)20-41-30/h5-8,10,12,14,16,20,22,31H,4,9,11,13,15,17-19H2,1-3H3,(H,40,42,48)/t22-,31?/m1/s1. The fourth-order valence-corrected chi connectivity index (χ4v) is 8.65. The number of nitrogens with one attached hydrogen (secondary N) is 1. The molecule has 51 heavy (non-hydrogen) atoms. The number of nitrogens with zero attached hydrogens (tertiary/aromatic N) is 7. The summed E-state index contributed by atoms with van der Waals surface area (Å²) in [6.45, 7) is 9.05. The molecule has 0 aliphatic carbocycles. The number of carbonyl (C=O) groups is 2. The van der Waals surface area contributed by atoms with Gasteiger partial charge in [0, 0.05) is 78.1 Å². The molecule has 6 heterocycles. The number of hydrogen-bond donors (Lipinski definition) is 1. The van der Waals surface area contributed by atoms with Crippen LogP contribution in [-0.4, -0.2) is 79.2 Å². The largest absolute Gasteiger partial charge is 0.444 e. The second-order valence-corrected chi connectivity index (χ2v) is 16.4. The first-order chi connectivity index (χ1) is 24.4. The zero-order valence-electron chi connectivity index (χ0n) is 28.4. The van der Waals surface area contributed by atoms with E-state index in [4.69, 9.17) is 33.0 Å². The number of likely N-dealkylation sites (tertiary alicyclic amines) is 1. The molecule has 1 unspecified atom stereocenters. The second kappa shape index (κ2) is 12.8. The van der Waals surface area contributed by atoms with Gasteiger partial charge in [-0.25, -0.2) is 19.2 Å². The number of fused-ring (bicyclic) bond motifs is 2. The highest BCUT2D eigenvalue weighted by atomic mass is 35.5. The molecule has 2 aromatic carbocycles. The Bertz CT molecular complexity index is 2120. The summed E-state index contributed by atoms with van der Waals surface area (Å²) in [7, 11) is 0. The van der Waals surface area contributed by atoms with Crippen LogP contribution >= 0.6 is 34.5 Å². The Kier molecular flexibility index (Phi) is 8.50. The van der Waals surface area contributed by atoms with Crippen molar-refractivity contribution in [2.45, 2.75) is 64.4 Å². The molecule has 0 bridgehead atoms. The van der Waals surface area contributed by atoms with E-state index in [-0.39, 0.29) is 24.5 Å². The van der Waals surface area contributed by atoms with Crippen molar-refractivity contribution in [3.05, 3.63) is 75.9 Å². The summed E-state index contributed by atoms with van der Waals surface area (Å²) in [6, 6.07) is 9.02. The summed E-state index contributed by atoms with van der Waals surface area (Å²) in [5.41, 5.74) is 3.72. The van der Waals surface area contributed by atoms with E-state index in [0.717, 1.165) is 37.2 Å². The number of alkyl halides is 1. The Morgan fingerprint density at radius 2 is 1.92 bits per heavy atom. The number of benzene rings is 2. The molecule has 0 radical (unpaired) electrons. The number of aromatic nitrogens is 5. The molecule has 3 aliphatic rings. The monoisotopic (exact) mass is 750 g/mol. The van der Waals surface area contributed by atoms with Crippen molar-refractivity contribution in [1.29, 1.82) is 0 Å². The van der Waals surface area contributed by atoms with E-state index in [1.54, 1.807) is 33.6 Å². The number of rotatable bonds is 6. The quantitative estimate of drug-likeness (QED) is 0.190. The first kappa shape index (κ1) is 33.9. The van der Waals surface area contributed by atoms with Gasteiger partial charge in [-0.05, 0) is 57.4 Å². The maximum absolute atomic E-state index is 14.4. The summed E-state index contributed by atoms with van der Waals surface area (Å²) in [4.78, 5) is 39.3. The van der Waals surface area contributed by atoms with Gasteiger partial charge in [-0.3, -0.25) is 14.8 Å². The second-order valence-electron chi connectivity index (χ2n) is 14.8. The maximum Gasteiger partial charge on any atom is 0.410 e. The lowest BCUT2D eigenvalue weighted by Gasteiger charge is -2.54. The van der Waals surface area contributed by atoms with Crippen molar-refractivity contribution in [3.8, 4) is 11.1 Å². The summed E-state index contributed by atoms with van der Waals surface area (Å²) < 4.78 is 23.2. The lowest BCUT2D eigenvalue weighted by atomic mass is 9.73. The summed E-state index contributed by atoms with van der Waals surface area (Å²) in [6.07, 6.45) is 5.83. The summed E-state index contributed by atoms with van der Waals surface area (Å²) >= 11 is 15.2. The molecule has 2 saturated heterocycles. The van der Waals surface area contributed by atoms with Gasteiger partial charge in [-0.15, -0.1) is 11.3 Å². The average molecular weight is 752 g/mol. The molecule has 2 amide bonds. The van der Waals surface area contributed by atoms with Crippen LogP contribution in [0.4, 0.5) is 20.0 Å². The van der Waals surface area contributed by atoms with Gasteiger partial charge in [-0.2, -0.15) is 5.10 Å². The lowest BCUT2D eigenvalue weighted by molar-refractivity contribution is -0.118. The average Bonchev–Trinajstić information content (AvgIpc) is 3.88. The zero-order valence-corrected chi connectivity index (χ0v) is 30.7. The van der Waals surface area contributed by atoms with Gasteiger partial charge >= 0.3 is 6.09 Å². The van der Waals surface area contributed by atoms with Gasteiger partial charge < -0.3 is 19.1 Å². The molecule has 2 atom stereocenters. The van der Waals surface area contributed by atoms with Gasteiger partial charge in [0.15, 0.2) is 11.2 Å². The number of carbonyl (C=O) groups excluding carboxylic acids is 2. The SMILES string of the molecule is CC(C)(C)OC(=O)N1CC2(CCCN(c3ccc(-c4cc(Cl)c5cn(C(C(=O)Nc6nccs6)c6ncn7c6C[C@@H](F)C7)nc5c4Cl)cc3)C2)C1. The van der Waals surface area contributed by atoms with E-state index in [2.05, 4.69) is 32.3 Å². The maximum atomic E-state index is 14.4. The molecular formula is C36H37Cl2FN8O3S. The molecule has 15 heteroatoms. The van der Waals surface area contributed by atoms with Crippen LogP contribution in [0.25, 0.3) is 22.0 Å². The molecule has 1 spiro atoms. The van der Waals surface area contributed by atoms with E-state index in [9.17, 15) is 14.0 Å². The van der Waals surface area contributed by atoms with Crippen LogP contribution in [-0.2, 0) is 22.5 Å². The Morgan fingerprint density at radius 1 is 1.14 bits per heavy atom. The van der Waals surface area contributed by atoms with Gasteiger partial charge in [0.25, 0.3) is 5.91 Å². The van der Waals surface area contributed by atoms with Crippen molar-refractivity contribution in [2.75, 3.05) is 36.4 Å². The van der Waals surface area contributed by atoms with Gasteiger partial charge in [0.05, 0.1) is 28.6 Å². The normalized spacial score (nSPS) is 18.9. The highest BCUT2D eigenvalue weighted by Crippen LogP contribution is 2.43. The molecule has 2 fully saturated rings. The van der Waals surface area contributed by atoms with Crippen LogP contribution in [0.3, 0.4) is 0 Å². The topological polar surface area (TPSA) is 110 Å². The number of amides is 2. The predicted molar refractivity (Wildman–Crippen MR) is 197 cm³/mol. The van der Waals surface area contributed by atoms with E-state index in [0.29, 0.717) is 56.1 Å². The minimum Gasteiger partial charge on any atom is -0.444 e. The van der Waals surface area contributed by atoms with Crippen molar-refractivity contribution in [3.63, 3.8) is 0 Å². The third kappa shape index (κ3) is 6.44.